The van der Waals surface area contributed by atoms with Crippen molar-refractivity contribution in [2.45, 2.75) is 18.9 Å². The molecule has 12 heteroatoms. The second kappa shape index (κ2) is 10.9. The maximum atomic E-state index is 13.7. The fourth-order valence-corrected chi connectivity index (χ4v) is 4.20. The van der Waals surface area contributed by atoms with Gasteiger partial charge in [0.2, 0.25) is 0 Å². The first-order valence-corrected chi connectivity index (χ1v) is 11.5. The molecule has 3 aromatic carbocycles. The number of carbonyl (C=O) groups is 1. The van der Waals surface area contributed by atoms with Crippen LogP contribution in [0.25, 0.3) is 12.2 Å². The Hall–Kier alpha value is -3.93. The van der Waals surface area contributed by atoms with E-state index in [1.807, 2.05) is 0 Å². The molecule has 0 aliphatic carbocycles. The summed E-state index contributed by atoms with van der Waals surface area (Å²) in [5.41, 5.74) is -3.34. The summed E-state index contributed by atoms with van der Waals surface area (Å²) in [5, 5.41) is 0. The van der Waals surface area contributed by atoms with Gasteiger partial charge in [-0.05, 0) is 71.3 Å². The van der Waals surface area contributed by atoms with Gasteiger partial charge in [-0.15, -0.1) is 0 Å². The molecule has 210 valence electrons. The SMILES string of the molecule is O=C1/C(=C\c2ccc(F)c(F)c2)CN(Cc2cc(C(F)(F)F)cc(C(F)(F)F)c2)C/C1=C\c1ccc(F)c(F)c1. The van der Waals surface area contributed by atoms with Crippen molar-refractivity contribution in [1.82, 2.24) is 4.90 Å². The molecule has 1 fully saturated rings. The third-order valence-corrected chi connectivity index (χ3v) is 5.99. The van der Waals surface area contributed by atoms with Gasteiger partial charge >= 0.3 is 12.4 Å². The summed E-state index contributed by atoms with van der Waals surface area (Å²) in [5.74, 6) is -5.36. The van der Waals surface area contributed by atoms with Gasteiger partial charge in [-0.1, -0.05) is 12.1 Å². The number of likely N-dealkylation sites (tertiary alicyclic amines) is 1. The third kappa shape index (κ3) is 6.79. The van der Waals surface area contributed by atoms with Crippen molar-refractivity contribution < 1.29 is 48.7 Å². The molecule has 4 rings (SSSR count). The molecule has 0 atom stereocenters. The van der Waals surface area contributed by atoms with E-state index in [0.29, 0.717) is 12.1 Å². The molecule has 2 nitrogen and oxygen atoms in total. The highest BCUT2D eigenvalue weighted by molar-refractivity contribution is 6.14. The molecular formula is C28H17F10NO. The number of rotatable bonds is 4. The molecule has 3 aromatic rings. The van der Waals surface area contributed by atoms with Crippen molar-refractivity contribution in [2.75, 3.05) is 13.1 Å². The van der Waals surface area contributed by atoms with Crippen molar-refractivity contribution in [1.29, 1.82) is 0 Å². The number of ketones is 1. The van der Waals surface area contributed by atoms with Gasteiger partial charge in [0.15, 0.2) is 29.1 Å². The van der Waals surface area contributed by atoms with Crippen molar-refractivity contribution in [3.05, 3.63) is 117 Å². The third-order valence-electron chi connectivity index (χ3n) is 5.99. The standard InChI is InChI=1S/C28H17F10NO/c29-22-3-1-15(9-24(22)31)5-18-13-39(14-19(26(18)40)6-16-2-4-23(30)25(32)10-16)12-17-7-20(27(33,34)35)11-21(8-17)28(36,37)38/h1-11H,12-14H2/b18-5-,19-6+. The van der Waals surface area contributed by atoms with E-state index in [2.05, 4.69) is 0 Å². The maximum Gasteiger partial charge on any atom is 0.416 e. The lowest BCUT2D eigenvalue weighted by Gasteiger charge is -2.30. The van der Waals surface area contributed by atoms with Crippen LogP contribution >= 0.6 is 0 Å². The minimum atomic E-state index is -5.07. The van der Waals surface area contributed by atoms with Crippen LogP contribution in [0.2, 0.25) is 0 Å². The topological polar surface area (TPSA) is 20.3 Å². The number of hydrogen-bond donors (Lipinski definition) is 0. The Morgan fingerprint density at radius 3 is 1.43 bits per heavy atom. The average molecular weight is 573 g/mol. The summed E-state index contributed by atoms with van der Waals surface area (Å²) in [6.45, 7) is -1.01. The summed E-state index contributed by atoms with van der Waals surface area (Å²) < 4.78 is 134. The minimum absolute atomic E-state index is 0.00788. The monoisotopic (exact) mass is 573 g/mol. The molecule has 0 unspecified atom stereocenters. The summed E-state index contributed by atoms with van der Waals surface area (Å²) in [6, 6.07) is 6.67. The van der Waals surface area contributed by atoms with Crippen LogP contribution in [-0.2, 0) is 23.7 Å². The molecule has 0 N–H and O–H groups in total. The number of carbonyl (C=O) groups excluding carboxylic acids is 1. The van der Waals surface area contributed by atoms with E-state index in [4.69, 9.17) is 0 Å². The van der Waals surface area contributed by atoms with Gasteiger partial charge < -0.3 is 0 Å². The smallest absolute Gasteiger partial charge is 0.290 e. The van der Waals surface area contributed by atoms with Gasteiger partial charge in [-0.25, -0.2) is 17.6 Å². The molecule has 0 radical (unpaired) electrons. The number of alkyl halides is 6. The highest BCUT2D eigenvalue weighted by Gasteiger charge is 2.37. The Morgan fingerprint density at radius 2 is 1.05 bits per heavy atom. The van der Waals surface area contributed by atoms with E-state index >= 15 is 0 Å². The molecule has 0 amide bonds. The van der Waals surface area contributed by atoms with Crippen LogP contribution in [-0.4, -0.2) is 23.8 Å². The Bertz CT molecular complexity index is 1410. The summed E-state index contributed by atoms with van der Waals surface area (Å²) >= 11 is 0. The van der Waals surface area contributed by atoms with Gasteiger partial charge in [0.1, 0.15) is 0 Å². The summed E-state index contributed by atoms with van der Waals surface area (Å²) in [6.07, 6.45) is -7.74. The first-order chi connectivity index (χ1) is 18.6. The zero-order valence-electron chi connectivity index (χ0n) is 20.1. The number of nitrogens with zero attached hydrogens (tertiary/aromatic N) is 1. The van der Waals surface area contributed by atoms with Crippen molar-refractivity contribution in [2.24, 2.45) is 0 Å². The largest absolute Gasteiger partial charge is 0.416 e. The van der Waals surface area contributed by atoms with E-state index in [9.17, 15) is 48.7 Å². The van der Waals surface area contributed by atoms with Gasteiger partial charge in [-0.3, -0.25) is 9.69 Å². The van der Waals surface area contributed by atoms with E-state index in [0.717, 1.165) is 24.3 Å². The lowest BCUT2D eigenvalue weighted by molar-refractivity contribution is -0.143. The first-order valence-electron chi connectivity index (χ1n) is 11.5. The van der Waals surface area contributed by atoms with Crippen LogP contribution in [0, 0.1) is 23.3 Å². The quantitative estimate of drug-likeness (QED) is 0.234. The molecule has 0 saturated carbocycles. The highest BCUT2D eigenvalue weighted by atomic mass is 19.4. The van der Waals surface area contributed by atoms with Crippen LogP contribution in [0.5, 0.6) is 0 Å². The number of Topliss-reactive ketones (excluding diaryl/α,β-unsaturated/α-hetero) is 1. The number of benzene rings is 3. The molecule has 1 aliphatic heterocycles. The van der Waals surface area contributed by atoms with Crippen LogP contribution in [0.1, 0.15) is 27.8 Å². The summed E-state index contributed by atoms with van der Waals surface area (Å²) in [7, 11) is 0. The second-order valence-electron chi connectivity index (χ2n) is 9.07. The van der Waals surface area contributed by atoms with Crippen LogP contribution in [0.15, 0.2) is 65.7 Å². The number of hydrogen-bond acceptors (Lipinski definition) is 2. The normalized spacial score (nSPS) is 17.2. The molecule has 1 heterocycles. The lowest BCUT2D eigenvalue weighted by Crippen LogP contribution is -2.37. The Labute approximate surface area is 220 Å². The second-order valence-corrected chi connectivity index (χ2v) is 9.07. The Kier molecular flexibility index (Phi) is 7.93. The van der Waals surface area contributed by atoms with Gasteiger partial charge in [0.05, 0.1) is 11.1 Å². The summed E-state index contributed by atoms with van der Waals surface area (Å²) in [4.78, 5) is 14.6. The van der Waals surface area contributed by atoms with Gasteiger partial charge in [-0.2, -0.15) is 26.3 Å². The molecule has 0 aromatic heterocycles. The zero-order valence-corrected chi connectivity index (χ0v) is 20.1. The Balaban J connectivity index is 1.76. The highest BCUT2D eigenvalue weighted by Crippen LogP contribution is 2.37. The first kappa shape index (κ1) is 29.1. The van der Waals surface area contributed by atoms with Crippen molar-refractivity contribution in [3.8, 4) is 0 Å². The zero-order chi connectivity index (χ0) is 29.4. The molecule has 0 spiro atoms. The minimum Gasteiger partial charge on any atom is -0.290 e. The average Bonchev–Trinajstić information content (AvgIpc) is 2.85. The van der Waals surface area contributed by atoms with Crippen LogP contribution in [0.3, 0.4) is 0 Å². The fraction of sp³-hybridized carbons (Fsp3) is 0.179. The maximum absolute atomic E-state index is 13.7. The molecule has 40 heavy (non-hydrogen) atoms. The lowest BCUT2D eigenvalue weighted by atomic mass is 9.93. The van der Waals surface area contributed by atoms with E-state index in [1.54, 1.807) is 0 Å². The fourth-order valence-electron chi connectivity index (χ4n) is 4.20. The molecule has 0 bridgehead atoms. The van der Waals surface area contributed by atoms with Crippen molar-refractivity contribution >= 4 is 17.9 Å². The van der Waals surface area contributed by atoms with Gasteiger partial charge in [0, 0.05) is 30.8 Å². The van der Waals surface area contributed by atoms with Gasteiger partial charge in [0.25, 0.3) is 0 Å². The Morgan fingerprint density at radius 1 is 0.625 bits per heavy atom. The molecule has 1 aliphatic rings. The van der Waals surface area contributed by atoms with E-state index in [-0.39, 0.29) is 47.0 Å². The molecular weight excluding hydrogens is 556 g/mol. The predicted molar refractivity (Wildman–Crippen MR) is 125 cm³/mol. The predicted octanol–water partition coefficient (Wildman–Crippen LogP) is 7.83. The number of piperidine rings is 1. The van der Waals surface area contributed by atoms with Crippen molar-refractivity contribution in [3.63, 3.8) is 0 Å². The van der Waals surface area contributed by atoms with E-state index < -0.39 is 59.1 Å². The molecule has 1 saturated heterocycles. The number of halogens is 10. The van der Waals surface area contributed by atoms with E-state index in [1.165, 1.54) is 29.2 Å². The van der Waals surface area contributed by atoms with Crippen LogP contribution in [0.4, 0.5) is 43.9 Å². The van der Waals surface area contributed by atoms with Crippen LogP contribution < -0.4 is 0 Å².